The van der Waals surface area contributed by atoms with Gasteiger partial charge in [-0.1, -0.05) is 18.1 Å². The average Bonchev–Trinajstić information content (AvgIpc) is 3.17. The minimum Gasteiger partial charge on any atom is -0.364 e. The number of aromatic nitrogens is 3. The topological polar surface area (TPSA) is 73.8 Å². The predicted molar refractivity (Wildman–Crippen MR) is 85.3 cm³/mol. The van der Waals surface area contributed by atoms with Crippen molar-refractivity contribution in [1.29, 1.82) is 0 Å². The van der Waals surface area contributed by atoms with Crippen LogP contribution < -0.4 is 5.73 Å². The van der Waals surface area contributed by atoms with E-state index >= 15 is 0 Å². The molecule has 0 unspecified atom stereocenters. The van der Waals surface area contributed by atoms with Gasteiger partial charge in [-0.25, -0.2) is 4.98 Å². The largest absolute Gasteiger partial charge is 0.364 e. The molecule has 1 aromatic carbocycles. The molecule has 0 fully saturated rings. The average molecular weight is 308 g/mol. The van der Waals surface area contributed by atoms with E-state index in [1.165, 1.54) is 11.3 Å². The van der Waals surface area contributed by atoms with E-state index in [0.717, 1.165) is 16.0 Å². The van der Waals surface area contributed by atoms with Gasteiger partial charge in [0.1, 0.15) is 10.7 Å². The molecule has 0 atom stereocenters. The molecule has 108 valence electrons. The second-order valence-electron chi connectivity index (χ2n) is 4.58. The van der Waals surface area contributed by atoms with Crippen molar-refractivity contribution in [3.05, 3.63) is 58.9 Å². The van der Waals surface area contributed by atoms with E-state index in [9.17, 15) is 4.79 Å². The van der Waals surface area contributed by atoms with Gasteiger partial charge in [-0.2, -0.15) is 5.10 Å². The number of hydrogen-bond acceptors (Lipinski definition) is 4. The molecule has 0 saturated carbocycles. The van der Waals surface area contributed by atoms with Crippen molar-refractivity contribution in [3.8, 4) is 22.9 Å². The minimum absolute atomic E-state index is 0.279. The van der Waals surface area contributed by atoms with E-state index in [0.29, 0.717) is 11.6 Å². The summed E-state index contributed by atoms with van der Waals surface area (Å²) in [5.74, 6) is 2.05. The van der Waals surface area contributed by atoms with Gasteiger partial charge in [0.15, 0.2) is 0 Å². The fourth-order valence-corrected chi connectivity index (χ4v) is 3.11. The molecular formula is C16H12N4OS. The smallest absolute Gasteiger partial charge is 0.268 e. The summed E-state index contributed by atoms with van der Waals surface area (Å²) in [5, 5.41) is 4.85. The monoisotopic (exact) mass is 308 g/mol. The molecular weight excluding hydrogens is 296 g/mol. The van der Waals surface area contributed by atoms with E-state index in [1.54, 1.807) is 10.9 Å². The Hall–Kier alpha value is -2.91. The maximum atomic E-state index is 11.6. The Kier molecular flexibility index (Phi) is 3.73. The number of amides is 1. The Bertz CT molecular complexity index is 859. The maximum Gasteiger partial charge on any atom is 0.268 e. The number of carbonyl (C=O) groups is 1. The number of hydrogen-bond donors (Lipinski definition) is 1. The van der Waals surface area contributed by atoms with Crippen LogP contribution in [0.4, 0.5) is 0 Å². The summed E-state index contributed by atoms with van der Waals surface area (Å²) in [6, 6.07) is 9.30. The number of primary amides is 1. The summed E-state index contributed by atoms with van der Waals surface area (Å²) in [6.45, 7) is 0.456. The lowest BCUT2D eigenvalue weighted by Crippen LogP contribution is -2.14. The Balaban J connectivity index is 2.02. The van der Waals surface area contributed by atoms with Crippen molar-refractivity contribution in [2.45, 2.75) is 6.54 Å². The third-order valence-corrected chi connectivity index (χ3v) is 4.16. The number of rotatable bonds is 4. The normalized spacial score (nSPS) is 10.3. The van der Waals surface area contributed by atoms with Crippen LogP contribution in [0.15, 0.2) is 42.7 Å². The number of thiazole rings is 1. The third kappa shape index (κ3) is 2.75. The quantitative estimate of drug-likeness (QED) is 0.750. The van der Waals surface area contributed by atoms with Crippen LogP contribution in [-0.2, 0) is 6.54 Å². The molecule has 3 aromatic rings. The molecule has 2 heterocycles. The van der Waals surface area contributed by atoms with E-state index in [-0.39, 0.29) is 5.69 Å². The number of carbonyl (C=O) groups excluding carboxylic acids is 1. The van der Waals surface area contributed by atoms with Crippen molar-refractivity contribution in [1.82, 2.24) is 14.8 Å². The lowest BCUT2D eigenvalue weighted by atomic mass is 10.1. The van der Waals surface area contributed by atoms with Crippen molar-refractivity contribution >= 4 is 17.2 Å². The van der Waals surface area contributed by atoms with Gasteiger partial charge in [0.05, 0.1) is 11.4 Å². The van der Waals surface area contributed by atoms with Crippen LogP contribution in [0.25, 0.3) is 10.6 Å². The number of nitrogens with zero attached hydrogens (tertiary/aromatic N) is 3. The van der Waals surface area contributed by atoms with Gasteiger partial charge in [-0.15, -0.1) is 17.8 Å². The van der Waals surface area contributed by atoms with Crippen LogP contribution in [0.5, 0.6) is 0 Å². The van der Waals surface area contributed by atoms with Gasteiger partial charge in [-0.3, -0.25) is 9.48 Å². The second-order valence-corrected chi connectivity index (χ2v) is 5.67. The lowest BCUT2D eigenvalue weighted by molar-refractivity contribution is 0.0995. The van der Waals surface area contributed by atoms with Gasteiger partial charge >= 0.3 is 0 Å². The van der Waals surface area contributed by atoms with Gasteiger partial charge in [-0.05, 0) is 18.2 Å². The van der Waals surface area contributed by atoms with Crippen molar-refractivity contribution in [2.24, 2.45) is 5.73 Å². The molecule has 5 nitrogen and oxygen atoms in total. The number of nitrogens with two attached hydrogens (primary N) is 1. The highest BCUT2D eigenvalue weighted by Crippen LogP contribution is 2.29. The first-order chi connectivity index (χ1) is 10.7. The van der Waals surface area contributed by atoms with Gasteiger partial charge in [0.2, 0.25) is 0 Å². The summed E-state index contributed by atoms with van der Waals surface area (Å²) in [6.07, 6.45) is 8.92. The van der Waals surface area contributed by atoms with Crippen molar-refractivity contribution < 1.29 is 4.79 Å². The van der Waals surface area contributed by atoms with E-state index in [2.05, 4.69) is 16.0 Å². The highest BCUT2D eigenvalue weighted by atomic mass is 32.1. The number of benzene rings is 1. The van der Waals surface area contributed by atoms with Crippen LogP contribution >= 0.6 is 11.3 Å². The van der Waals surface area contributed by atoms with E-state index in [4.69, 9.17) is 12.2 Å². The van der Waals surface area contributed by atoms with Gasteiger partial charge < -0.3 is 5.73 Å². The Morgan fingerprint density at radius 3 is 2.95 bits per heavy atom. The first kappa shape index (κ1) is 14.0. The van der Waals surface area contributed by atoms with Gasteiger partial charge in [0, 0.05) is 23.5 Å². The van der Waals surface area contributed by atoms with Crippen LogP contribution in [0.1, 0.15) is 20.9 Å². The van der Waals surface area contributed by atoms with E-state index in [1.807, 2.05) is 36.5 Å². The molecule has 2 N–H and O–H groups in total. The van der Waals surface area contributed by atoms with E-state index < -0.39 is 5.91 Å². The molecule has 0 spiro atoms. The Labute approximate surface area is 131 Å². The van der Waals surface area contributed by atoms with Crippen molar-refractivity contribution in [3.63, 3.8) is 0 Å². The molecule has 0 aliphatic carbocycles. The highest BCUT2D eigenvalue weighted by molar-refractivity contribution is 7.15. The zero-order valence-corrected chi connectivity index (χ0v) is 12.4. The van der Waals surface area contributed by atoms with Crippen LogP contribution in [0.2, 0.25) is 0 Å². The molecule has 2 aromatic heterocycles. The summed E-state index contributed by atoms with van der Waals surface area (Å²) in [4.78, 5) is 16.8. The summed E-state index contributed by atoms with van der Waals surface area (Å²) >= 11 is 1.42. The molecule has 0 bridgehead atoms. The molecule has 1 amide bonds. The molecule has 0 radical (unpaired) electrons. The standard InChI is InChI=1S/C16H12N4OS/c1-2-11-5-3-6-12(9-11)16-19-14(15(17)21)13(22-16)10-20-8-4-7-18-20/h1,3-9H,10H2,(H2,17,21). The maximum absolute atomic E-state index is 11.6. The fraction of sp³-hybridized carbons (Fsp3) is 0.0625. The Morgan fingerprint density at radius 2 is 2.27 bits per heavy atom. The summed E-state index contributed by atoms with van der Waals surface area (Å²) < 4.78 is 1.72. The Morgan fingerprint density at radius 1 is 1.41 bits per heavy atom. The molecule has 22 heavy (non-hydrogen) atoms. The first-order valence-corrected chi connectivity index (χ1v) is 7.33. The first-order valence-electron chi connectivity index (χ1n) is 6.51. The summed E-state index contributed by atoms with van der Waals surface area (Å²) in [7, 11) is 0. The molecule has 6 heteroatoms. The highest BCUT2D eigenvalue weighted by Gasteiger charge is 2.17. The third-order valence-electron chi connectivity index (χ3n) is 3.07. The zero-order chi connectivity index (χ0) is 15.5. The minimum atomic E-state index is -0.544. The molecule has 0 saturated heterocycles. The molecule has 0 aliphatic heterocycles. The zero-order valence-electron chi connectivity index (χ0n) is 11.6. The summed E-state index contributed by atoms with van der Waals surface area (Å²) in [5.41, 5.74) is 7.35. The van der Waals surface area contributed by atoms with Crippen LogP contribution in [0, 0.1) is 12.3 Å². The molecule has 3 rings (SSSR count). The van der Waals surface area contributed by atoms with Crippen LogP contribution in [0.3, 0.4) is 0 Å². The van der Waals surface area contributed by atoms with Gasteiger partial charge in [0.25, 0.3) is 5.91 Å². The lowest BCUT2D eigenvalue weighted by Gasteiger charge is -1.99. The fourth-order valence-electron chi connectivity index (χ4n) is 2.06. The predicted octanol–water partition coefficient (Wildman–Crippen LogP) is 2.14. The van der Waals surface area contributed by atoms with Crippen molar-refractivity contribution in [2.75, 3.05) is 0 Å². The second kappa shape index (κ2) is 5.84. The van der Waals surface area contributed by atoms with Crippen LogP contribution in [-0.4, -0.2) is 20.7 Å². The molecule has 0 aliphatic rings. The SMILES string of the molecule is C#Cc1cccc(-c2nc(C(N)=O)c(Cn3cccn3)s2)c1. The number of terminal acetylenes is 1.